The summed E-state index contributed by atoms with van der Waals surface area (Å²) in [5.41, 5.74) is 8.37. The monoisotopic (exact) mass is 398 g/mol. The maximum atomic E-state index is 5.76. The topological polar surface area (TPSA) is 108 Å². The van der Waals surface area contributed by atoms with E-state index in [-0.39, 0.29) is 19.4 Å². The number of nitrogens with zero attached hydrogens (tertiary/aromatic N) is 4. The summed E-state index contributed by atoms with van der Waals surface area (Å²) in [5.74, 6) is 2.69. The highest BCUT2D eigenvalue weighted by Gasteiger charge is 2.20. The van der Waals surface area contributed by atoms with Gasteiger partial charge in [-0.15, -0.1) is 0 Å². The average molecular weight is 398 g/mol. The molecule has 28 heavy (non-hydrogen) atoms. The molecule has 1 aliphatic heterocycles. The number of nitrogen functional groups attached to an aromatic ring is 1. The van der Waals surface area contributed by atoms with Gasteiger partial charge in [-0.2, -0.15) is 13.5 Å². The summed E-state index contributed by atoms with van der Waals surface area (Å²) in [6.07, 6.45) is 4.98. The number of fused-ring (bicyclic) bond motifs is 1. The SMILES string of the molecule is C[C@H](CNc1cc(-c2ccc(N)nc2)ncn1)c1ccnc2c1OCCO2.S. The molecule has 0 fully saturated rings. The minimum absolute atomic E-state index is 0. The Balaban J connectivity index is 0.00000225. The first-order valence-electron chi connectivity index (χ1n) is 8.73. The van der Waals surface area contributed by atoms with Crippen molar-refractivity contribution >= 4 is 25.1 Å². The molecule has 4 rings (SSSR count). The third kappa shape index (κ3) is 4.25. The van der Waals surface area contributed by atoms with Gasteiger partial charge in [-0.3, -0.25) is 0 Å². The Morgan fingerprint density at radius 1 is 1.11 bits per heavy atom. The van der Waals surface area contributed by atoms with Crippen molar-refractivity contribution in [2.75, 3.05) is 30.8 Å². The van der Waals surface area contributed by atoms with E-state index in [1.807, 2.05) is 18.2 Å². The van der Waals surface area contributed by atoms with Gasteiger partial charge in [0.05, 0.1) is 5.69 Å². The molecule has 146 valence electrons. The fourth-order valence-electron chi connectivity index (χ4n) is 2.90. The largest absolute Gasteiger partial charge is 0.484 e. The van der Waals surface area contributed by atoms with Crippen LogP contribution in [0.2, 0.25) is 0 Å². The van der Waals surface area contributed by atoms with Crippen molar-refractivity contribution in [1.29, 1.82) is 0 Å². The van der Waals surface area contributed by atoms with Gasteiger partial charge in [0, 0.05) is 42.0 Å². The Hall–Kier alpha value is -3.07. The van der Waals surface area contributed by atoms with E-state index >= 15 is 0 Å². The Kier molecular flexibility index (Phi) is 6.15. The first-order valence-corrected chi connectivity index (χ1v) is 8.73. The van der Waals surface area contributed by atoms with Crippen molar-refractivity contribution in [3.63, 3.8) is 0 Å². The molecule has 0 aliphatic carbocycles. The summed E-state index contributed by atoms with van der Waals surface area (Å²) in [4.78, 5) is 16.9. The standard InChI is InChI=1S/C19H20N6O2.H2S/c1-12(14-4-5-21-19-18(14)26-6-7-27-19)9-23-17-8-15(24-11-25-17)13-2-3-16(20)22-10-13;/h2-5,8,10-12H,6-7,9H2,1H3,(H2,20,22)(H,23,24,25);1H2/t12-;/m1./s1. The maximum absolute atomic E-state index is 5.76. The molecule has 1 aliphatic rings. The normalized spacial score (nSPS) is 13.3. The minimum atomic E-state index is 0. The third-order valence-corrected chi connectivity index (χ3v) is 4.34. The number of hydrogen-bond acceptors (Lipinski definition) is 8. The highest BCUT2D eigenvalue weighted by atomic mass is 32.1. The number of pyridine rings is 2. The number of anilines is 2. The molecule has 3 aromatic heterocycles. The fraction of sp³-hybridized carbons (Fsp3) is 0.263. The van der Waals surface area contributed by atoms with E-state index in [1.54, 1.807) is 18.5 Å². The number of nitrogens with two attached hydrogens (primary N) is 1. The number of nitrogens with one attached hydrogen (secondary N) is 1. The van der Waals surface area contributed by atoms with Crippen LogP contribution in [0.4, 0.5) is 11.6 Å². The molecule has 3 N–H and O–H groups in total. The molecule has 0 bridgehead atoms. The highest BCUT2D eigenvalue weighted by Crippen LogP contribution is 2.35. The van der Waals surface area contributed by atoms with Crippen LogP contribution < -0.4 is 20.5 Å². The Bertz CT molecular complexity index is 938. The number of aromatic nitrogens is 4. The van der Waals surface area contributed by atoms with Crippen molar-refractivity contribution in [2.45, 2.75) is 12.8 Å². The summed E-state index contributed by atoms with van der Waals surface area (Å²) in [6, 6.07) is 7.49. The number of ether oxygens (including phenoxy) is 2. The minimum Gasteiger partial charge on any atom is -0.484 e. The van der Waals surface area contributed by atoms with Crippen molar-refractivity contribution in [3.8, 4) is 22.9 Å². The molecule has 0 saturated heterocycles. The maximum Gasteiger partial charge on any atom is 0.257 e. The molecule has 8 nitrogen and oxygen atoms in total. The van der Waals surface area contributed by atoms with Gasteiger partial charge in [-0.1, -0.05) is 6.92 Å². The summed E-state index contributed by atoms with van der Waals surface area (Å²) in [6.45, 7) is 3.86. The van der Waals surface area contributed by atoms with Crippen LogP contribution in [0.3, 0.4) is 0 Å². The predicted octanol–water partition coefficient (Wildman–Crippen LogP) is 2.62. The molecule has 0 unspecified atom stereocenters. The van der Waals surface area contributed by atoms with Crippen LogP contribution in [0.1, 0.15) is 18.4 Å². The zero-order valence-electron chi connectivity index (χ0n) is 15.4. The van der Waals surface area contributed by atoms with Gasteiger partial charge in [0.15, 0.2) is 5.75 Å². The van der Waals surface area contributed by atoms with Crippen molar-refractivity contribution in [3.05, 3.63) is 48.5 Å². The molecule has 0 aromatic carbocycles. The van der Waals surface area contributed by atoms with E-state index in [9.17, 15) is 0 Å². The summed E-state index contributed by atoms with van der Waals surface area (Å²) in [7, 11) is 0. The van der Waals surface area contributed by atoms with Crippen LogP contribution in [-0.2, 0) is 0 Å². The van der Waals surface area contributed by atoms with Crippen LogP contribution in [-0.4, -0.2) is 39.7 Å². The molecule has 0 spiro atoms. The molecular formula is C19H22N6O2S. The quantitative estimate of drug-likeness (QED) is 0.675. The van der Waals surface area contributed by atoms with Gasteiger partial charge in [-0.25, -0.2) is 19.9 Å². The first kappa shape index (κ1) is 19.7. The van der Waals surface area contributed by atoms with E-state index in [1.165, 1.54) is 6.33 Å². The van der Waals surface area contributed by atoms with E-state index in [4.69, 9.17) is 15.2 Å². The van der Waals surface area contributed by atoms with E-state index in [0.29, 0.717) is 31.5 Å². The second kappa shape index (κ2) is 8.75. The molecule has 1 atom stereocenters. The summed E-state index contributed by atoms with van der Waals surface area (Å²) < 4.78 is 11.3. The smallest absolute Gasteiger partial charge is 0.257 e. The highest BCUT2D eigenvalue weighted by molar-refractivity contribution is 7.59. The number of rotatable bonds is 5. The van der Waals surface area contributed by atoms with Crippen molar-refractivity contribution in [2.24, 2.45) is 0 Å². The zero-order chi connectivity index (χ0) is 18.6. The lowest BCUT2D eigenvalue weighted by atomic mass is 10.0. The lowest BCUT2D eigenvalue weighted by Crippen LogP contribution is -2.19. The Morgan fingerprint density at radius 2 is 1.96 bits per heavy atom. The van der Waals surface area contributed by atoms with Gasteiger partial charge in [-0.05, 0) is 18.2 Å². The van der Waals surface area contributed by atoms with Crippen LogP contribution in [0.15, 0.2) is 43.0 Å². The van der Waals surface area contributed by atoms with E-state index in [2.05, 4.69) is 32.2 Å². The van der Waals surface area contributed by atoms with Crippen molar-refractivity contribution in [1.82, 2.24) is 19.9 Å². The molecular weight excluding hydrogens is 376 g/mol. The van der Waals surface area contributed by atoms with Gasteiger partial charge >= 0.3 is 0 Å². The van der Waals surface area contributed by atoms with Crippen LogP contribution in [0, 0.1) is 0 Å². The van der Waals surface area contributed by atoms with Gasteiger partial charge in [0.25, 0.3) is 5.88 Å². The molecule has 4 heterocycles. The Morgan fingerprint density at radius 3 is 2.79 bits per heavy atom. The van der Waals surface area contributed by atoms with Gasteiger partial charge in [0.2, 0.25) is 0 Å². The second-order valence-electron chi connectivity index (χ2n) is 6.27. The van der Waals surface area contributed by atoms with E-state index < -0.39 is 0 Å². The Labute approximate surface area is 170 Å². The third-order valence-electron chi connectivity index (χ3n) is 4.34. The lowest BCUT2D eigenvalue weighted by molar-refractivity contribution is 0.162. The van der Waals surface area contributed by atoms with E-state index in [0.717, 1.165) is 28.4 Å². The first-order chi connectivity index (χ1) is 13.2. The van der Waals surface area contributed by atoms with Crippen LogP contribution in [0.5, 0.6) is 11.6 Å². The summed E-state index contributed by atoms with van der Waals surface area (Å²) >= 11 is 0. The van der Waals surface area contributed by atoms with Crippen LogP contribution >= 0.6 is 13.5 Å². The fourth-order valence-corrected chi connectivity index (χ4v) is 2.90. The van der Waals surface area contributed by atoms with Crippen molar-refractivity contribution < 1.29 is 9.47 Å². The summed E-state index contributed by atoms with van der Waals surface area (Å²) in [5, 5.41) is 3.36. The molecule has 0 radical (unpaired) electrons. The lowest BCUT2D eigenvalue weighted by Gasteiger charge is -2.22. The molecule has 0 amide bonds. The zero-order valence-corrected chi connectivity index (χ0v) is 16.4. The number of hydrogen-bond donors (Lipinski definition) is 2. The van der Waals surface area contributed by atoms with Crippen LogP contribution in [0.25, 0.3) is 11.3 Å². The molecule has 9 heteroatoms. The van der Waals surface area contributed by atoms with Gasteiger partial charge in [0.1, 0.15) is 31.2 Å². The second-order valence-corrected chi connectivity index (χ2v) is 6.27. The molecule has 0 saturated carbocycles. The molecule has 3 aromatic rings. The predicted molar refractivity (Wildman–Crippen MR) is 112 cm³/mol. The van der Waals surface area contributed by atoms with Gasteiger partial charge < -0.3 is 20.5 Å². The average Bonchev–Trinajstić information content (AvgIpc) is 2.72.